The maximum atomic E-state index is 9.68. The van der Waals surface area contributed by atoms with Gasteiger partial charge in [0.2, 0.25) is 0 Å². The molecule has 0 radical (unpaired) electrons. The van der Waals surface area contributed by atoms with Crippen molar-refractivity contribution in [1.82, 2.24) is 0 Å². The van der Waals surface area contributed by atoms with Crippen LogP contribution in [0.3, 0.4) is 0 Å². The van der Waals surface area contributed by atoms with Gasteiger partial charge >= 0.3 is 0 Å². The van der Waals surface area contributed by atoms with E-state index in [1.54, 1.807) is 0 Å². The molecule has 0 aromatic carbocycles. The summed E-state index contributed by atoms with van der Waals surface area (Å²) in [6.45, 7) is 0. The lowest BCUT2D eigenvalue weighted by atomic mass is 10.4. The summed E-state index contributed by atoms with van der Waals surface area (Å²) < 4.78 is 0. The van der Waals surface area contributed by atoms with Gasteiger partial charge in [-0.3, -0.25) is 9.59 Å². The number of allylic oxidation sites excluding steroid dienone is 2. The molecular weight excluding hydrogens is 108 g/mol. The lowest BCUT2D eigenvalue weighted by Gasteiger charge is -1.87. The second-order valence-corrected chi connectivity index (χ2v) is 1.15. The number of hydrogen-bond acceptors (Lipinski definition) is 4. The summed E-state index contributed by atoms with van der Waals surface area (Å²) in [6.07, 6.45) is 0.646. The van der Waals surface area contributed by atoms with Gasteiger partial charge in [-0.1, -0.05) is 0 Å². The normalized spacial score (nSPS) is 12.0. The second-order valence-electron chi connectivity index (χ2n) is 1.15. The highest BCUT2D eigenvalue weighted by Gasteiger charge is 1.91. The van der Waals surface area contributed by atoms with Crippen LogP contribution in [0.5, 0.6) is 0 Å². The smallest absolute Gasteiger partial charge is 0.167 e. The molecule has 0 saturated heterocycles. The first-order chi connectivity index (χ1) is 3.72. The van der Waals surface area contributed by atoms with Crippen molar-refractivity contribution in [2.45, 2.75) is 0 Å². The molecule has 0 aliphatic rings. The van der Waals surface area contributed by atoms with E-state index in [1.807, 2.05) is 0 Å². The van der Waals surface area contributed by atoms with Crippen molar-refractivity contribution in [2.75, 3.05) is 0 Å². The average molecular weight is 114 g/mol. The molecular formula is C4H6N2O2. The molecule has 0 aromatic heterocycles. The van der Waals surface area contributed by atoms with E-state index in [0.29, 0.717) is 12.6 Å². The Morgan fingerprint density at radius 3 is 1.38 bits per heavy atom. The van der Waals surface area contributed by atoms with Crippen LogP contribution in [0.15, 0.2) is 11.4 Å². The Hall–Kier alpha value is -1.32. The summed E-state index contributed by atoms with van der Waals surface area (Å²) in [5, 5.41) is 0. The Balaban J connectivity index is 4.25. The molecule has 0 fully saturated rings. The molecule has 0 amide bonds. The third-order valence-electron chi connectivity index (χ3n) is 0.587. The van der Waals surface area contributed by atoms with Gasteiger partial charge < -0.3 is 11.5 Å². The van der Waals surface area contributed by atoms with Crippen LogP contribution in [0.4, 0.5) is 0 Å². The predicted octanol–water partition coefficient (Wildman–Crippen LogP) is -1.49. The van der Waals surface area contributed by atoms with Crippen molar-refractivity contribution in [3.8, 4) is 0 Å². The zero-order chi connectivity index (χ0) is 6.57. The fourth-order valence-electron chi connectivity index (χ4n) is 0.136. The molecule has 4 heteroatoms. The third-order valence-corrected chi connectivity index (χ3v) is 0.587. The summed E-state index contributed by atoms with van der Waals surface area (Å²) in [5.74, 6) is 0. The van der Waals surface area contributed by atoms with Crippen LogP contribution in [0.1, 0.15) is 0 Å². The number of aldehydes is 2. The van der Waals surface area contributed by atoms with Gasteiger partial charge in [0.05, 0.1) is 11.4 Å². The molecule has 8 heavy (non-hydrogen) atoms. The highest BCUT2D eigenvalue weighted by atomic mass is 16.1. The maximum absolute atomic E-state index is 9.68. The molecule has 44 valence electrons. The molecule has 0 rings (SSSR count). The number of hydrogen-bond donors (Lipinski definition) is 2. The maximum Gasteiger partial charge on any atom is 0.167 e. The van der Waals surface area contributed by atoms with Crippen molar-refractivity contribution >= 4 is 12.6 Å². The van der Waals surface area contributed by atoms with Crippen molar-refractivity contribution in [2.24, 2.45) is 11.5 Å². The van der Waals surface area contributed by atoms with Gasteiger partial charge in [0, 0.05) is 0 Å². The average Bonchev–Trinajstić information content (AvgIpc) is 1.84. The van der Waals surface area contributed by atoms with Crippen LogP contribution in [0.2, 0.25) is 0 Å². The first-order valence-corrected chi connectivity index (χ1v) is 1.88. The van der Waals surface area contributed by atoms with Gasteiger partial charge in [0.15, 0.2) is 12.6 Å². The molecule has 0 aliphatic heterocycles. The van der Waals surface area contributed by atoms with Crippen molar-refractivity contribution in [3.05, 3.63) is 11.4 Å². The van der Waals surface area contributed by atoms with Crippen LogP contribution in [0, 0.1) is 0 Å². The molecule has 0 bridgehead atoms. The Bertz CT molecular complexity index is 123. The molecule has 4 nitrogen and oxygen atoms in total. The summed E-state index contributed by atoms with van der Waals surface area (Å²) in [7, 11) is 0. The molecule has 0 heterocycles. The summed E-state index contributed by atoms with van der Waals surface area (Å²) in [6, 6.07) is 0. The van der Waals surface area contributed by atoms with E-state index in [2.05, 4.69) is 0 Å². The third kappa shape index (κ3) is 1.42. The highest BCUT2D eigenvalue weighted by molar-refractivity contribution is 5.84. The molecule has 0 atom stereocenters. The van der Waals surface area contributed by atoms with Crippen LogP contribution in [-0.2, 0) is 9.59 Å². The van der Waals surface area contributed by atoms with Crippen LogP contribution < -0.4 is 11.5 Å². The quantitative estimate of drug-likeness (QED) is 0.338. The lowest BCUT2D eigenvalue weighted by Crippen LogP contribution is -2.11. The topological polar surface area (TPSA) is 86.2 Å². The monoisotopic (exact) mass is 114 g/mol. The number of nitrogens with two attached hydrogens (primary N) is 2. The van der Waals surface area contributed by atoms with E-state index in [4.69, 9.17) is 11.5 Å². The van der Waals surface area contributed by atoms with Crippen molar-refractivity contribution in [1.29, 1.82) is 0 Å². The van der Waals surface area contributed by atoms with E-state index in [-0.39, 0.29) is 11.4 Å². The van der Waals surface area contributed by atoms with Gasteiger partial charge in [-0.05, 0) is 0 Å². The summed E-state index contributed by atoms with van der Waals surface area (Å²) >= 11 is 0. The molecule has 0 saturated carbocycles. The number of carbonyl (C=O) groups excluding carboxylic acids is 2. The second kappa shape index (κ2) is 2.79. The molecule has 0 spiro atoms. The standard InChI is InChI=1S/C4H6N2O2/c5-3(1-7)4(6)2-8/h1-2H,5-6H2/b4-3+. The Morgan fingerprint density at radius 2 is 1.25 bits per heavy atom. The van der Waals surface area contributed by atoms with Gasteiger partial charge in [0.1, 0.15) is 0 Å². The minimum Gasteiger partial charge on any atom is -0.394 e. The van der Waals surface area contributed by atoms with Gasteiger partial charge in [-0.25, -0.2) is 0 Å². The van der Waals surface area contributed by atoms with Crippen LogP contribution >= 0.6 is 0 Å². The lowest BCUT2D eigenvalue weighted by molar-refractivity contribution is -0.107. The van der Waals surface area contributed by atoms with Crippen molar-refractivity contribution < 1.29 is 9.59 Å². The van der Waals surface area contributed by atoms with Crippen LogP contribution in [0.25, 0.3) is 0 Å². The van der Waals surface area contributed by atoms with Gasteiger partial charge in [0.25, 0.3) is 0 Å². The minimum atomic E-state index is -0.222. The van der Waals surface area contributed by atoms with Crippen molar-refractivity contribution in [3.63, 3.8) is 0 Å². The largest absolute Gasteiger partial charge is 0.394 e. The molecule has 0 aromatic rings. The highest BCUT2D eigenvalue weighted by Crippen LogP contribution is 1.78. The fourth-order valence-corrected chi connectivity index (χ4v) is 0.136. The van der Waals surface area contributed by atoms with Gasteiger partial charge in [-0.2, -0.15) is 0 Å². The summed E-state index contributed by atoms with van der Waals surface area (Å²) in [5.41, 5.74) is 9.32. The number of rotatable bonds is 2. The first-order valence-electron chi connectivity index (χ1n) is 1.88. The van der Waals surface area contributed by atoms with Gasteiger partial charge in [-0.15, -0.1) is 0 Å². The van der Waals surface area contributed by atoms with E-state index in [1.165, 1.54) is 0 Å². The molecule has 4 N–H and O–H groups in total. The SMILES string of the molecule is N/C(C=O)=C(/N)C=O. The van der Waals surface area contributed by atoms with E-state index >= 15 is 0 Å². The van der Waals surface area contributed by atoms with Crippen LogP contribution in [-0.4, -0.2) is 12.6 Å². The predicted molar refractivity (Wildman–Crippen MR) is 27.5 cm³/mol. The number of carbonyl (C=O) groups is 2. The Labute approximate surface area is 46.1 Å². The van der Waals surface area contributed by atoms with E-state index in [0.717, 1.165) is 0 Å². The van der Waals surface area contributed by atoms with E-state index < -0.39 is 0 Å². The molecule has 0 aliphatic carbocycles. The molecule has 0 unspecified atom stereocenters. The summed E-state index contributed by atoms with van der Waals surface area (Å²) in [4.78, 5) is 19.4. The zero-order valence-corrected chi connectivity index (χ0v) is 4.13. The zero-order valence-electron chi connectivity index (χ0n) is 4.13. The Morgan fingerprint density at radius 1 is 1.00 bits per heavy atom. The Kier molecular flexibility index (Phi) is 2.33. The van der Waals surface area contributed by atoms with E-state index in [9.17, 15) is 9.59 Å². The minimum absolute atomic E-state index is 0.222. The fraction of sp³-hybridized carbons (Fsp3) is 0. The first kappa shape index (κ1) is 6.68.